The van der Waals surface area contributed by atoms with Crippen molar-refractivity contribution in [2.45, 2.75) is 26.2 Å². The molecule has 0 aromatic heterocycles. The van der Waals surface area contributed by atoms with Crippen molar-refractivity contribution in [3.8, 4) is 0 Å². The Morgan fingerprint density at radius 1 is 0.774 bits per heavy atom. The van der Waals surface area contributed by atoms with Crippen molar-refractivity contribution in [1.29, 1.82) is 0 Å². The van der Waals surface area contributed by atoms with Crippen molar-refractivity contribution in [2.24, 2.45) is 0 Å². The third-order valence-electron chi connectivity index (χ3n) is 5.41. The first-order valence-electron chi connectivity index (χ1n) is 10.9. The van der Waals surface area contributed by atoms with Crippen LogP contribution < -0.4 is 10.6 Å². The third-order valence-corrected chi connectivity index (χ3v) is 7.89. The second kappa shape index (κ2) is 10.3. The molecule has 0 unspecified atom stereocenters. The smallest absolute Gasteiger partial charge is 0.163 e. The summed E-state index contributed by atoms with van der Waals surface area (Å²) in [5.74, 6) is 0.235. The molecule has 1 aliphatic carbocycles. The maximum Gasteiger partial charge on any atom is 0.163 e. The first kappa shape index (κ1) is 21.2. The van der Waals surface area contributed by atoms with Crippen LogP contribution >= 0.6 is 7.92 Å². The number of allylic oxidation sites excluding steroid dienone is 6. The van der Waals surface area contributed by atoms with Gasteiger partial charge >= 0.3 is 0 Å². The average Bonchev–Trinajstić information content (AvgIpc) is 2.83. The van der Waals surface area contributed by atoms with Gasteiger partial charge in [0, 0.05) is 12.0 Å². The second-order valence-corrected chi connectivity index (χ2v) is 9.83. The van der Waals surface area contributed by atoms with Crippen LogP contribution in [0.4, 0.5) is 0 Å². The molecule has 0 atom stereocenters. The molecule has 1 aliphatic rings. The monoisotopic (exact) mass is 422 g/mol. The topological polar surface area (TPSA) is 17.1 Å². The van der Waals surface area contributed by atoms with Gasteiger partial charge in [0.15, 0.2) is 5.78 Å². The largest absolute Gasteiger partial charge is 0.294 e. The fraction of sp³-hybridized carbons (Fsp3) is 0.138. The summed E-state index contributed by atoms with van der Waals surface area (Å²) in [5, 5.41) is 4.03. The lowest BCUT2D eigenvalue weighted by Gasteiger charge is -2.23. The molecule has 154 valence electrons. The van der Waals surface area contributed by atoms with Gasteiger partial charge in [0.05, 0.1) is 0 Å². The van der Waals surface area contributed by atoms with Gasteiger partial charge in [-0.2, -0.15) is 0 Å². The molecule has 0 saturated carbocycles. The van der Waals surface area contributed by atoms with Gasteiger partial charge in [-0.3, -0.25) is 4.79 Å². The standard InChI is InChI=1S/C29H27OP/c1-2-12-28(30)29(23-13-6-3-7-14-23)24-19-21-27(22-20-24)31(25-15-8-4-9-16-25)26-17-10-5-11-18-26/h3-11,13-19,21-22H,2,12,20H2,1H3. The highest BCUT2D eigenvalue weighted by Gasteiger charge is 2.21. The van der Waals surface area contributed by atoms with Crippen LogP contribution in [0, 0.1) is 0 Å². The average molecular weight is 423 g/mol. The summed E-state index contributed by atoms with van der Waals surface area (Å²) in [5.41, 5.74) is 3.01. The molecule has 0 aliphatic heterocycles. The van der Waals surface area contributed by atoms with Crippen LogP contribution in [0.25, 0.3) is 5.57 Å². The Balaban J connectivity index is 1.72. The number of rotatable bonds is 7. The van der Waals surface area contributed by atoms with Gasteiger partial charge in [-0.05, 0) is 47.8 Å². The van der Waals surface area contributed by atoms with Gasteiger partial charge in [0.1, 0.15) is 0 Å². The Bertz CT molecular complexity index is 1070. The molecule has 3 aromatic carbocycles. The lowest BCUT2D eigenvalue weighted by Crippen LogP contribution is -2.13. The third kappa shape index (κ3) is 5.01. The zero-order valence-corrected chi connectivity index (χ0v) is 18.8. The molecule has 31 heavy (non-hydrogen) atoms. The summed E-state index contributed by atoms with van der Waals surface area (Å²) in [7, 11) is -0.617. The zero-order valence-electron chi connectivity index (χ0n) is 17.9. The quantitative estimate of drug-likeness (QED) is 0.303. The van der Waals surface area contributed by atoms with Crippen LogP contribution in [0.1, 0.15) is 31.7 Å². The summed E-state index contributed by atoms with van der Waals surface area (Å²) in [6, 6.07) is 31.6. The normalized spacial score (nSPS) is 15.0. The number of Topliss-reactive ketones (excluding diaryl/α,β-unsaturated/α-hetero) is 1. The lowest BCUT2D eigenvalue weighted by molar-refractivity contribution is -0.113. The number of ketones is 1. The van der Waals surface area contributed by atoms with E-state index in [1.54, 1.807) is 0 Å². The van der Waals surface area contributed by atoms with Crippen LogP contribution in [0.5, 0.6) is 0 Å². The zero-order chi connectivity index (χ0) is 21.5. The van der Waals surface area contributed by atoms with Crippen molar-refractivity contribution in [3.63, 3.8) is 0 Å². The Morgan fingerprint density at radius 2 is 1.32 bits per heavy atom. The molecule has 2 heteroatoms. The van der Waals surface area contributed by atoms with Crippen LogP contribution in [-0.2, 0) is 4.79 Å². The Morgan fingerprint density at radius 3 is 1.81 bits per heavy atom. The highest BCUT2D eigenvalue weighted by atomic mass is 31.1. The van der Waals surface area contributed by atoms with E-state index < -0.39 is 7.92 Å². The molecule has 0 fully saturated rings. The van der Waals surface area contributed by atoms with E-state index >= 15 is 0 Å². The van der Waals surface area contributed by atoms with Gasteiger partial charge in [0.2, 0.25) is 0 Å². The minimum Gasteiger partial charge on any atom is -0.294 e. The van der Waals surface area contributed by atoms with Crippen LogP contribution in [0.3, 0.4) is 0 Å². The van der Waals surface area contributed by atoms with E-state index in [-0.39, 0.29) is 5.78 Å². The van der Waals surface area contributed by atoms with Crippen molar-refractivity contribution < 1.29 is 4.79 Å². The Kier molecular flexibility index (Phi) is 7.07. The second-order valence-electron chi connectivity index (χ2n) is 7.61. The van der Waals surface area contributed by atoms with Crippen molar-refractivity contribution >= 4 is 29.9 Å². The van der Waals surface area contributed by atoms with E-state index in [2.05, 4.69) is 85.8 Å². The molecule has 0 N–H and O–H groups in total. The van der Waals surface area contributed by atoms with Crippen molar-refractivity contribution in [1.82, 2.24) is 0 Å². The highest BCUT2D eigenvalue weighted by molar-refractivity contribution is 7.77. The maximum absolute atomic E-state index is 13.0. The first-order valence-corrected chi connectivity index (χ1v) is 12.2. The summed E-state index contributed by atoms with van der Waals surface area (Å²) < 4.78 is 0. The molecule has 0 radical (unpaired) electrons. The minimum atomic E-state index is -0.617. The molecule has 0 heterocycles. The van der Waals surface area contributed by atoms with Crippen molar-refractivity contribution in [3.05, 3.63) is 126 Å². The molecule has 0 bridgehead atoms. The van der Waals surface area contributed by atoms with Gasteiger partial charge in [0.25, 0.3) is 0 Å². The molecular weight excluding hydrogens is 395 g/mol. The van der Waals surface area contributed by atoms with Gasteiger partial charge < -0.3 is 0 Å². The van der Waals surface area contributed by atoms with Gasteiger partial charge in [-0.25, -0.2) is 0 Å². The minimum absolute atomic E-state index is 0.235. The van der Waals surface area contributed by atoms with E-state index in [4.69, 9.17) is 0 Å². The highest BCUT2D eigenvalue weighted by Crippen LogP contribution is 2.46. The fourth-order valence-corrected chi connectivity index (χ4v) is 6.30. The van der Waals surface area contributed by atoms with E-state index in [0.717, 1.165) is 29.6 Å². The lowest BCUT2D eigenvalue weighted by atomic mass is 9.91. The SMILES string of the molecule is CCCC(=O)C(=C1C=CC(P(c2ccccc2)c2ccccc2)=CC1)c1ccccc1. The van der Waals surface area contributed by atoms with Gasteiger partial charge in [-0.1, -0.05) is 116 Å². The molecule has 3 aromatic rings. The van der Waals surface area contributed by atoms with E-state index in [1.165, 1.54) is 15.9 Å². The Labute approximate surface area is 186 Å². The van der Waals surface area contributed by atoms with Crippen molar-refractivity contribution in [2.75, 3.05) is 0 Å². The predicted molar refractivity (Wildman–Crippen MR) is 134 cm³/mol. The number of hydrogen-bond acceptors (Lipinski definition) is 1. The molecule has 0 saturated heterocycles. The predicted octanol–water partition coefficient (Wildman–Crippen LogP) is 6.79. The summed E-state index contributed by atoms with van der Waals surface area (Å²) >= 11 is 0. The number of carbonyl (C=O) groups is 1. The van der Waals surface area contributed by atoms with Gasteiger partial charge in [-0.15, -0.1) is 0 Å². The molecule has 0 amide bonds. The van der Waals surface area contributed by atoms with Crippen LogP contribution in [0.2, 0.25) is 0 Å². The van der Waals surface area contributed by atoms with Crippen LogP contribution in [-0.4, -0.2) is 5.78 Å². The maximum atomic E-state index is 13.0. The van der Waals surface area contributed by atoms with E-state index in [0.29, 0.717) is 6.42 Å². The molecule has 1 nitrogen and oxygen atoms in total. The van der Waals surface area contributed by atoms with E-state index in [9.17, 15) is 4.79 Å². The van der Waals surface area contributed by atoms with Crippen LogP contribution in [0.15, 0.2) is 120 Å². The molecule has 0 spiro atoms. The summed E-state index contributed by atoms with van der Waals surface area (Å²) in [6.45, 7) is 2.06. The first-order chi connectivity index (χ1) is 15.3. The molecular formula is C29H27OP. The number of carbonyl (C=O) groups excluding carboxylic acids is 1. The number of benzene rings is 3. The molecule has 4 rings (SSSR count). The van der Waals surface area contributed by atoms with E-state index in [1.807, 2.05) is 30.3 Å². The fourth-order valence-electron chi connectivity index (χ4n) is 3.97. The Hall–Kier alpha value is -3.02. The number of hydrogen-bond donors (Lipinski definition) is 0. The summed E-state index contributed by atoms with van der Waals surface area (Å²) in [6.07, 6.45) is 8.95. The summed E-state index contributed by atoms with van der Waals surface area (Å²) in [4.78, 5) is 13.0.